The van der Waals surface area contributed by atoms with Gasteiger partial charge in [0.1, 0.15) is 6.04 Å². The molecule has 1 saturated heterocycles. The van der Waals surface area contributed by atoms with Gasteiger partial charge >= 0.3 is 0 Å². The van der Waals surface area contributed by atoms with Crippen molar-refractivity contribution in [3.05, 3.63) is 70.2 Å². The number of nitrogens with one attached hydrogen (secondary N) is 1. The molecule has 4 rings (SSSR count). The van der Waals surface area contributed by atoms with Crippen LogP contribution in [0.15, 0.2) is 48.5 Å². The predicted molar refractivity (Wildman–Crippen MR) is 112 cm³/mol. The number of amides is 2. The molecule has 1 fully saturated rings. The minimum atomic E-state index is -0.498. The normalized spacial score (nSPS) is 18.8. The minimum absolute atomic E-state index is 0. The molecule has 1 atom stereocenters. The maximum Gasteiger partial charge on any atom is 0.256 e. The van der Waals surface area contributed by atoms with E-state index in [2.05, 4.69) is 5.32 Å². The van der Waals surface area contributed by atoms with Crippen molar-refractivity contribution in [2.45, 2.75) is 19.0 Å². The number of benzene rings is 2. The molecule has 0 spiro atoms. The van der Waals surface area contributed by atoms with Gasteiger partial charge in [0, 0.05) is 39.1 Å². The first-order valence-corrected chi connectivity index (χ1v) is 9.65. The second-order valence-electron chi connectivity index (χ2n) is 6.98. The van der Waals surface area contributed by atoms with Crippen molar-refractivity contribution in [3.8, 4) is 0 Å². The first kappa shape index (κ1) is 20.6. The van der Waals surface area contributed by atoms with E-state index in [0.717, 1.165) is 24.2 Å². The molecule has 1 unspecified atom stereocenters. The van der Waals surface area contributed by atoms with Crippen LogP contribution in [0, 0.1) is 0 Å². The molecule has 0 saturated carbocycles. The fourth-order valence-electron chi connectivity index (χ4n) is 3.84. The summed E-state index contributed by atoms with van der Waals surface area (Å²) >= 11 is 6.26. The third-order valence-corrected chi connectivity index (χ3v) is 5.66. The quantitative estimate of drug-likeness (QED) is 0.813. The molecule has 2 aliphatic heterocycles. The van der Waals surface area contributed by atoms with E-state index in [1.165, 1.54) is 0 Å². The fraction of sp³-hybridized carbons (Fsp3) is 0.333. The topological polar surface area (TPSA) is 52.7 Å². The van der Waals surface area contributed by atoms with Crippen LogP contribution in [0.5, 0.6) is 0 Å². The molecular formula is C21H23Cl2N3O2. The highest BCUT2D eigenvalue weighted by Crippen LogP contribution is 2.28. The van der Waals surface area contributed by atoms with Crippen molar-refractivity contribution in [1.82, 2.24) is 15.1 Å². The number of piperazine rings is 1. The van der Waals surface area contributed by atoms with E-state index in [9.17, 15) is 9.59 Å². The molecule has 0 bridgehead atoms. The standard InChI is InChI=1S/C21H22ClN3O2.ClH/c22-18-8-4-3-7-17(18)20(26)25-14-16-6-2-1-5-15(16)13-19(25)21(27)24-11-9-23-10-12-24;/h1-8,19,23H,9-14H2;1H. The van der Waals surface area contributed by atoms with Gasteiger partial charge in [-0.05, 0) is 23.3 Å². The summed E-state index contributed by atoms with van der Waals surface area (Å²) in [5.74, 6) is -0.171. The van der Waals surface area contributed by atoms with E-state index in [1.54, 1.807) is 29.2 Å². The number of halogens is 2. The summed E-state index contributed by atoms with van der Waals surface area (Å²) in [5.41, 5.74) is 2.66. The van der Waals surface area contributed by atoms with Crippen molar-refractivity contribution >= 4 is 35.8 Å². The SMILES string of the molecule is Cl.O=C(C1Cc2ccccc2CN1C(=O)c1ccccc1Cl)N1CCNCC1. The minimum Gasteiger partial charge on any atom is -0.338 e. The molecule has 2 aliphatic rings. The smallest absolute Gasteiger partial charge is 0.256 e. The average molecular weight is 420 g/mol. The molecule has 0 aliphatic carbocycles. The number of fused-ring (bicyclic) bond motifs is 1. The Morgan fingerprint density at radius 1 is 0.964 bits per heavy atom. The first-order valence-electron chi connectivity index (χ1n) is 9.27. The maximum absolute atomic E-state index is 13.3. The Bertz CT molecular complexity index is 868. The highest BCUT2D eigenvalue weighted by Gasteiger charge is 2.37. The lowest BCUT2D eigenvalue weighted by Crippen LogP contribution is -2.57. The molecule has 0 radical (unpaired) electrons. The summed E-state index contributed by atoms with van der Waals surface area (Å²) in [5, 5.41) is 3.68. The number of hydrogen-bond donors (Lipinski definition) is 1. The largest absolute Gasteiger partial charge is 0.338 e. The van der Waals surface area contributed by atoms with Crippen LogP contribution in [0.4, 0.5) is 0 Å². The second-order valence-corrected chi connectivity index (χ2v) is 7.38. The molecule has 7 heteroatoms. The van der Waals surface area contributed by atoms with E-state index >= 15 is 0 Å². The summed E-state index contributed by atoms with van der Waals surface area (Å²) < 4.78 is 0. The van der Waals surface area contributed by atoms with E-state index < -0.39 is 6.04 Å². The highest BCUT2D eigenvalue weighted by atomic mass is 35.5. The molecule has 28 heavy (non-hydrogen) atoms. The van der Waals surface area contributed by atoms with E-state index in [1.807, 2.05) is 29.2 Å². The predicted octanol–water partition coefficient (Wildman–Crippen LogP) is 2.76. The zero-order valence-corrected chi connectivity index (χ0v) is 17.0. The fourth-order valence-corrected chi connectivity index (χ4v) is 4.06. The molecule has 148 valence electrons. The maximum atomic E-state index is 13.3. The third kappa shape index (κ3) is 4.02. The zero-order chi connectivity index (χ0) is 18.8. The lowest BCUT2D eigenvalue weighted by Gasteiger charge is -2.39. The van der Waals surface area contributed by atoms with E-state index in [-0.39, 0.29) is 24.2 Å². The third-order valence-electron chi connectivity index (χ3n) is 5.33. The van der Waals surface area contributed by atoms with Crippen molar-refractivity contribution < 1.29 is 9.59 Å². The van der Waals surface area contributed by atoms with Gasteiger partial charge in [-0.2, -0.15) is 0 Å². The van der Waals surface area contributed by atoms with Gasteiger partial charge in [-0.1, -0.05) is 48.0 Å². The number of carbonyl (C=O) groups excluding carboxylic acids is 2. The molecule has 2 aromatic rings. The first-order chi connectivity index (χ1) is 13.1. The summed E-state index contributed by atoms with van der Waals surface area (Å²) in [6, 6.07) is 14.5. The van der Waals surface area contributed by atoms with Gasteiger partial charge in [-0.25, -0.2) is 0 Å². The number of carbonyl (C=O) groups is 2. The summed E-state index contributed by atoms with van der Waals surface area (Å²) in [6.45, 7) is 3.33. The monoisotopic (exact) mass is 419 g/mol. The Balaban J connectivity index is 0.00000225. The van der Waals surface area contributed by atoms with Crippen LogP contribution in [0.2, 0.25) is 5.02 Å². The molecule has 0 aromatic heterocycles. The Kier molecular flexibility index (Phi) is 6.60. The van der Waals surface area contributed by atoms with Crippen LogP contribution in [-0.4, -0.2) is 53.8 Å². The summed E-state index contributed by atoms with van der Waals surface area (Å²) in [7, 11) is 0. The molecule has 5 nitrogen and oxygen atoms in total. The average Bonchev–Trinajstić information content (AvgIpc) is 2.73. The van der Waals surface area contributed by atoms with E-state index in [4.69, 9.17) is 11.6 Å². The molecule has 1 N–H and O–H groups in total. The number of hydrogen-bond acceptors (Lipinski definition) is 3. The number of nitrogens with zero attached hydrogens (tertiary/aromatic N) is 2. The molecular weight excluding hydrogens is 397 g/mol. The van der Waals surface area contributed by atoms with Gasteiger partial charge in [0.2, 0.25) is 5.91 Å². The Hall–Kier alpha value is -2.08. The Morgan fingerprint density at radius 3 is 2.32 bits per heavy atom. The zero-order valence-electron chi connectivity index (χ0n) is 15.4. The molecule has 2 aromatic carbocycles. The van der Waals surface area contributed by atoms with Crippen molar-refractivity contribution in [2.75, 3.05) is 26.2 Å². The molecule has 2 amide bonds. The van der Waals surface area contributed by atoms with Crippen LogP contribution >= 0.6 is 24.0 Å². The molecule has 2 heterocycles. The Morgan fingerprint density at radius 2 is 1.61 bits per heavy atom. The van der Waals surface area contributed by atoms with Gasteiger partial charge < -0.3 is 15.1 Å². The van der Waals surface area contributed by atoms with Gasteiger partial charge in [0.05, 0.1) is 10.6 Å². The van der Waals surface area contributed by atoms with Gasteiger partial charge in [-0.15, -0.1) is 12.4 Å². The van der Waals surface area contributed by atoms with Crippen LogP contribution in [0.1, 0.15) is 21.5 Å². The van der Waals surface area contributed by atoms with Crippen LogP contribution in [-0.2, 0) is 17.8 Å². The summed E-state index contributed by atoms with van der Waals surface area (Å²) in [4.78, 5) is 30.1. The van der Waals surface area contributed by atoms with Gasteiger partial charge in [-0.3, -0.25) is 9.59 Å². The van der Waals surface area contributed by atoms with Crippen LogP contribution in [0.25, 0.3) is 0 Å². The van der Waals surface area contributed by atoms with Crippen LogP contribution < -0.4 is 5.32 Å². The van der Waals surface area contributed by atoms with Crippen molar-refractivity contribution in [1.29, 1.82) is 0 Å². The highest BCUT2D eigenvalue weighted by molar-refractivity contribution is 6.33. The number of rotatable bonds is 2. The van der Waals surface area contributed by atoms with Gasteiger partial charge in [0.15, 0.2) is 0 Å². The summed E-state index contributed by atoms with van der Waals surface area (Å²) in [6.07, 6.45) is 0.537. The van der Waals surface area contributed by atoms with Crippen molar-refractivity contribution in [3.63, 3.8) is 0 Å². The lowest BCUT2D eigenvalue weighted by molar-refractivity contribution is -0.137. The van der Waals surface area contributed by atoms with Crippen LogP contribution in [0.3, 0.4) is 0 Å². The Labute approximate surface area is 176 Å². The van der Waals surface area contributed by atoms with Crippen molar-refractivity contribution in [2.24, 2.45) is 0 Å². The second kappa shape index (κ2) is 8.95. The van der Waals surface area contributed by atoms with Gasteiger partial charge in [0.25, 0.3) is 5.91 Å². The lowest BCUT2D eigenvalue weighted by atomic mass is 9.92. The van der Waals surface area contributed by atoms with E-state index in [0.29, 0.717) is 36.6 Å².